The molecule has 17 nitrogen and oxygen atoms in total. The quantitative estimate of drug-likeness (QED) is 0.0222. The first-order valence-corrected chi connectivity index (χ1v) is 43.7. The molecule has 0 aliphatic heterocycles. The fourth-order valence-corrected chi connectivity index (χ4v) is 13.6. The first kappa shape index (κ1) is 96.1. The number of carbonyl (C=O) groups is 4. The van der Waals surface area contributed by atoms with Crippen molar-refractivity contribution in [2.45, 2.75) is 420 Å². The van der Waals surface area contributed by atoms with Crippen LogP contribution in [0.1, 0.15) is 402 Å². The molecule has 0 radical (unpaired) electrons. The molecule has 98 heavy (non-hydrogen) atoms. The van der Waals surface area contributed by atoms with E-state index in [1.807, 2.05) is 0 Å². The van der Waals surface area contributed by atoms with Crippen molar-refractivity contribution in [3.05, 3.63) is 0 Å². The summed E-state index contributed by atoms with van der Waals surface area (Å²) in [5.41, 5.74) is 0. The van der Waals surface area contributed by atoms with Crippen LogP contribution >= 0.6 is 15.6 Å². The van der Waals surface area contributed by atoms with Gasteiger partial charge in [-0.1, -0.05) is 351 Å². The van der Waals surface area contributed by atoms with Crippen molar-refractivity contribution >= 4 is 39.5 Å². The van der Waals surface area contributed by atoms with Gasteiger partial charge >= 0.3 is 39.5 Å². The number of aliphatic hydroxyl groups is 1. The Kier molecular flexibility index (Phi) is 66.8. The van der Waals surface area contributed by atoms with Gasteiger partial charge in [-0.3, -0.25) is 37.3 Å². The lowest BCUT2D eigenvalue weighted by Gasteiger charge is -2.21. The van der Waals surface area contributed by atoms with Gasteiger partial charge in [-0.2, -0.15) is 0 Å². The number of phosphoric ester groups is 2. The predicted molar refractivity (Wildman–Crippen MR) is 400 cm³/mol. The van der Waals surface area contributed by atoms with E-state index >= 15 is 0 Å². The van der Waals surface area contributed by atoms with Gasteiger partial charge in [0.15, 0.2) is 12.2 Å². The van der Waals surface area contributed by atoms with E-state index in [1.165, 1.54) is 199 Å². The largest absolute Gasteiger partial charge is 0.472 e. The van der Waals surface area contributed by atoms with Crippen molar-refractivity contribution in [3.8, 4) is 0 Å². The number of ether oxygens (including phenoxy) is 4. The van der Waals surface area contributed by atoms with Crippen LogP contribution in [-0.4, -0.2) is 96.7 Å². The maximum absolute atomic E-state index is 13.1. The molecule has 3 N–H and O–H groups in total. The Morgan fingerprint density at radius 3 is 0.724 bits per heavy atom. The lowest BCUT2D eigenvalue weighted by atomic mass is 10.00. The van der Waals surface area contributed by atoms with Crippen LogP contribution < -0.4 is 0 Å². The molecule has 6 atom stereocenters. The molecule has 0 aromatic heterocycles. The minimum atomic E-state index is -4.96. The summed E-state index contributed by atoms with van der Waals surface area (Å²) < 4.78 is 68.6. The second-order valence-electron chi connectivity index (χ2n) is 30.1. The first-order chi connectivity index (χ1) is 47.1. The van der Waals surface area contributed by atoms with E-state index in [2.05, 4.69) is 55.4 Å². The van der Waals surface area contributed by atoms with Gasteiger partial charge in [-0.05, 0) is 49.4 Å². The van der Waals surface area contributed by atoms with E-state index in [0.29, 0.717) is 25.7 Å². The van der Waals surface area contributed by atoms with Crippen LogP contribution in [0.4, 0.5) is 0 Å². The second kappa shape index (κ2) is 68.2. The summed E-state index contributed by atoms with van der Waals surface area (Å²) in [5.74, 6) is 0.957. The Balaban J connectivity index is 5.21. The average Bonchev–Trinajstić information content (AvgIpc) is 0.964. The lowest BCUT2D eigenvalue weighted by Crippen LogP contribution is -2.30. The molecule has 0 aromatic carbocycles. The molecule has 0 aromatic rings. The zero-order chi connectivity index (χ0) is 72.4. The van der Waals surface area contributed by atoms with E-state index in [-0.39, 0.29) is 25.7 Å². The highest BCUT2D eigenvalue weighted by molar-refractivity contribution is 7.47. The zero-order valence-corrected chi connectivity index (χ0v) is 66.2. The molecule has 582 valence electrons. The summed E-state index contributed by atoms with van der Waals surface area (Å²) >= 11 is 0. The molecule has 0 spiro atoms. The topological polar surface area (TPSA) is 237 Å². The Hall–Kier alpha value is -1.94. The molecule has 0 aliphatic rings. The number of hydrogen-bond donors (Lipinski definition) is 3. The molecule has 0 heterocycles. The van der Waals surface area contributed by atoms with Gasteiger partial charge in [-0.25, -0.2) is 9.13 Å². The maximum atomic E-state index is 13.1. The molecule has 0 saturated heterocycles. The maximum Gasteiger partial charge on any atom is 0.472 e. The van der Waals surface area contributed by atoms with Gasteiger partial charge in [0.1, 0.15) is 19.3 Å². The monoisotopic (exact) mass is 1440 g/mol. The molecule has 0 amide bonds. The SMILES string of the molecule is CCC(C)CCCCCCCCC(=O)OC[C@H](COP(=O)(O)OC[C@H](O)COP(=O)(O)OC[C@@H](COC(=O)CCCCCCCCCCCCCCCCC(C)C)OC(=O)CCCCCCCCCCCC(C)C)OC(=O)CCCCCCCCCCCCCCCCCCC(C)C. The Morgan fingerprint density at radius 2 is 0.490 bits per heavy atom. The number of aliphatic hydroxyl groups excluding tert-OH is 1. The van der Waals surface area contributed by atoms with Gasteiger partial charge in [0.2, 0.25) is 0 Å². The highest BCUT2D eigenvalue weighted by atomic mass is 31.2. The zero-order valence-electron chi connectivity index (χ0n) is 64.4. The van der Waals surface area contributed by atoms with Gasteiger partial charge in [-0.15, -0.1) is 0 Å². The highest BCUT2D eigenvalue weighted by Crippen LogP contribution is 2.45. The molecule has 3 unspecified atom stereocenters. The van der Waals surface area contributed by atoms with Crippen LogP contribution in [0.15, 0.2) is 0 Å². The summed E-state index contributed by atoms with van der Waals surface area (Å²) in [5, 5.41) is 10.6. The number of carbonyl (C=O) groups excluding carboxylic acids is 4. The summed E-state index contributed by atoms with van der Waals surface area (Å²) in [7, 11) is -9.92. The second-order valence-corrected chi connectivity index (χ2v) is 33.0. The van der Waals surface area contributed by atoms with E-state index in [9.17, 15) is 43.2 Å². The summed E-state index contributed by atoms with van der Waals surface area (Å²) in [6.07, 6.45) is 54.2. The van der Waals surface area contributed by atoms with Crippen molar-refractivity contribution in [2.75, 3.05) is 39.6 Å². The van der Waals surface area contributed by atoms with Gasteiger partial charge in [0, 0.05) is 25.7 Å². The van der Waals surface area contributed by atoms with Gasteiger partial charge in [0.05, 0.1) is 26.4 Å². The molecule has 0 bridgehead atoms. The fraction of sp³-hybridized carbons (Fsp3) is 0.949. The summed E-state index contributed by atoms with van der Waals surface area (Å²) in [6.45, 7) is 14.2. The molecule has 0 rings (SSSR count). The Bertz CT molecular complexity index is 1920. The third kappa shape index (κ3) is 71.1. The third-order valence-electron chi connectivity index (χ3n) is 18.7. The number of hydrogen-bond acceptors (Lipinski definition) is 15. The fourth-order valence-electron chi connectivity index (χ4n) is 12.0. The van der Waals surface area contributed by atoms with Crippen LogP contribution in [0.3, 0.4) is 0 Å². The third-order valence-corrected chi connectivity index (χ3v) is 20.6. The van der Waals surface area contributed by atoms with Gasteiger partial charge < -0.3 is 33.8 Å². The van der Waals surface area contributed by atoms with E-state index < -0.39 is 97.5 Å². The number of unbranched alkanes of at least 4 members (excludes halogenated alkanes) is 41. The highest BCUT2D eigenvalue weighted by Gasteiger charge is 2.30. The molecule has 0 fully saturated rings. The molecular formula is C79H154O17P2. The summed E-state index contributed by atoms with van der Waals surface area (Å²) in [6, 6.07) is 0. The van der Waals surface area contributed by atoms with Crippen molar-refractivity contribution < 1.29 is 80.2 Å². The van der Waals surface area contributed by atoms with Crippen LogP contribution in [0.2, 0.25) is 0 Å². The van der Waals surface area contributed by atoms with E-state index in [0.717, 1.165) is 120 Å². The Morgan fingerprint density at radius 1 is 0.286 bits per heavy atom. The molecule has 0 aliphatic carbocycles. The lowest BCUT2D eigenvalue weighted by molar-refractivity contribution is -0.161. The molecule has 19 heteroatoms. The van der Waals surface area contributed by atoms with Crippen molar-refractivity contribution in [2.24, 2.45) is 23.7 Å². The van der Waals surface area contributed by atoms with Gasteiger partial charge in [0.25, 0.3) is 0 Å². The van der Waals surface area contributed by atoms with E-state index in [1.54, 1.807) is 0 Å². The van der Waals surface area contributed by atoms with Crippen LogP contribution in [0, 0.1) is 23.7 Å². The normalized spacial score (nSPS) is 14.3. The minimum Gasteiger partial charge on any atom is -0.462 e. The predicted octanol–water partition coefficient (Wildman–Crippen LogP) is 23.2. The average molecular weight is 1440 g/mol. The van der Waals surface area contributed by atoms with Crippen molar-refractivity contribution in [1.29, 1.82) is 0 Å². The molecular weight excluding hydrogens is 1280 g/mol. The van der Waals surface area contributed by atoms with Crippen LogP contribution in [0.25, 0.3) is 0 Å². The number of rotatable bonds is 76. The smallest absolute Gasteiger partial charge is 0.462 e. The van der Waals surface area contributed by atoms with Crippen molar-refractivity contribution in [1.82, 2.24) is 0 Å². The van der Waals surface area contributed by atoms with Crippen LogP contribution in [0.5, 0.6) is 0 Å². The standard InChI is InChI=1S/C79H154O17P2/c1-9-72(8)58-50-42-37-38-44-52-60-77(82)90-66-75(96-78(83)61-53-45-35-29-23-19-13-11-10-12-16-20-25-31-39-47-55-69(2)3)68-94-98(87,88)92-64-73(80)63-91-97(85,86)93-67-74(95-79(84)62-54-46-36-30-24-27-33-41-49-57-71(6)7)65-89-76(81)59-51-43-34-28-22-18-15-14-17-21-26-32-40-48-56-70(4)5/h69-75,80H,9-68H2,1-8H3,(H,85,86)(H,87,88)/t72?,73-,74-,75-/m1/s1. The van der Waals surface area contributed by atoms with Crippen molar-refractivity contribution in [3.63, 3.8) is 0 Å². The van der Waals surface area contributed by atoms with Crippen LogP contribution in [-0.2, 0) is 65.4 Å². The summed E-state index contributed by atoms with van der Waals surface area (Å²) in [4.78, 5) is 72.9. The molecule has 0 saturated carbocycles. The van der Waals surface area contributed by atoms with E-state index in [4.69, 9.17) is 37.0 Å². The Labute approximate surface area is 600 Å². The minimum absolute atomic E-state index is 0.105. The first-order valence-electron chi connectivity index (χ1n) is 40.7. The number of esters is 4. The number of phosphoric acid groups is 2.